The van der Waals surface area contributed by atoms with Crippen molar-refractivity contribution in [1.29, 1.82) is 0 Å². The highest BCUT2D eigenvalue weighted by Crippen LogP contribution is 2.18. The van der Waals surface area contributed by atoms with Crippen molar-refractivity contribution in [2.24, 2.45) is 0 Å². The topological polar surface area (TPSA) is 108 Å². The minimum Gasteiger partial charge on any atom is -0.477 e. The largest absolute Gasteiger partial charge is 0.477 e. The van der Waals surface area contributed by atoms with Gasteiger partial charge in [0.05, 0.1) is 34.4 Å². The molecular weight excluding hydrogens is 1050 g/mol. The molecule has 9 nitrogen and oxygen atoms in total. The number of likely N-dealkylation sites (N-methyl/N-ethyl adjacent to an activating group) is 1. The van der Waals surface area contributed by atoms with Gasteiger partial charge in [0, 0.05) is 12.8 Å². The number of carboxylic acids is 1. The predicted octanol–water partition coefficient (Wildman–Crippen LogP) is 22.5. The van der Waals surface area contributed by atoms with Crippen molar-refractivity contribution < 1.29 is 42.9 Å². The lowest BCUT2D eigenvalue weighted by atomic mass is 10.0. The molecule has 0 aliphatic heterocycles. The molecule has 9 heteroatoms. The third-order valence-corrected chi connectivity index (χ3v) is 15.9. The van der Waals surface area contributed by atoms with Gasteiger partial charge in [0.25, 0.3) is 6.29 Å². The van der Waals surface area contributed by atoms with Crippen LogP contribution in [-0.2, 0) is 33.3 Å². The van der Waals surface area contributed by atoms with E-state index in [0.717, 1.165) is 64.2 Å². The van der Waals surface area contributed by atoms with Gasteiger partial charge in [-0.2, -0.15) is 0 Å². The molecule has 2 atom stereocenters. The van der Waals surface area contributed by atoms with Crippen LogP contribution < -0.4 is 0 Å². The second kappa shape index (κ2) is 66.7. The maximum atomic E-state index is 13.0. The smallest absolute Gasteiger partial charge is 0.361 e. The van der Waals surface area contributed by atoms with Crippen LogP contribution in [0.15, 0.2) is 72.9 Å². The van der Waals surface area contributed by atoms with Gasteiger partial charge in [0.15, 0.2) is 6.10 Å². The summed E-state index contributed by atoms with van der Waals surface area (Å²) in [7, 11) is 5.98. The Morgan fingerprint density at radius 1 is 0.353 bits per heavy atom. The Morgan fingerprint density at radius 2 is 0.635 bits per heavy atom. The van der Waals surface area contributed by atoms with Crippen molar-refractivity contribution in [2.45, 2.75) is 347 Å². The Hall–Kier alpha value is -3.27. The first kappa shape index (κ1) is 81.7. The van der Waals surface area contributed by atoms with E-state index in [9.17, 15) is 19.5 Å². The fourth-order valence-electron chi connectivity index (χ4n) is 10.4. The molecule has 0 aromatic heterocycles. The van der Waals surface area contributed by atoms with Crippen molar-refractivity contribution in [3.05, 3.63) is 72.9 Å². The summed E-state index contributed by atoms with van der Waals surface area (Å²) in [5.41, 5.74) is 0. The Kier molecular flexibility index (Phi) is 64.1. The number of allylic oxidation sites excluding steroid dienone is 12. The summed E-state index contributed by atoms with van der Waals surface area (Å²) in [6.07, 6.45) is 85.9. The van der Waals surface area contributed by atoms with E-state index in [-0.39, 0.29) is 32.2 Å². The molecule has 0 aromatic carbocycles. The summed E-state index contributed by atoms with van der Waals surface area (Å²) >= 11 is 0. The fourth-order valence-corrected chi connectivity index (χ4v) is 10.4. The summed E-state index contributed by atoms with van der Waals surface area (Å²) in [4.78, 5) is 37.7. The third-order valence-electron chi connectivity index (χ3n) is 15.9. The number of carbonyl (C=O) groups is 3. The van der Waals surface area contributed by atoms with Crippen LogP contribution in [0.1, 0.15) is 335 Å². The van der Waals surface area contributed by atoms with E-state index in [4.69, 9.17) is 18.9 Å². The normalized spacial score (nSPS) is 13.1. The van der Waals surface area contributed by atoms with Crippen LogP contribution in [0.25, 0.3) is 0 Å². The standard InChI is InChI=1S/C76H137NO8/c1-6-8-10-12-14-16-18-20-22-24-26-28-30-32-34-36-37-39-41-43-45-47-49-51-53-55-57-59-61-63-65-67-74(79)85-72(71-84-76(75(80)81)82-69-68-77(3,4)5)70-83-73(78)66-64-62-60-58-56-54-52-50-48-46-44-42-40-38-35-33-31-29-27-25-23-21-19-17-15-13-11-9-7-2/h18-21,24-27,30-33,72,76H,6-17,22-23,28-29,34-71H2,1-5H3/p+1/b20-18-,21-19-,26-24-,27-25-,32-30-,33-31-. The number of esters is 2. The molecule has 494 valence electrons. The minimum atomic E-state index is -1.51. The first-order valence-corrected chi connectivity index (χ1v) is 36.1. The summed E-state index contributed by atoms with van der Waals surface area (Å²) in [5.74, 6) is -1.99. The minimum absolute atomic E-state index is 0.182. The molecule has 0 fully saturated rings. The average molecular weight is 1190 g/mol. The van der Waals surface area contributed by atoms with Crippen LogP contribution in [0.4, 0.5) is 0 Å². The number of hydrogen-bond acceptors (Lipinski definition) is 7. The number of nitrogens with zero attached hydrogens (tertiary/aromatic N) is 1. The highest BCUT2D eigenvalue weighted by atomic mass is 16.7. The molecule has 0 saturated heterocycles. The molecule has 85 heavy (non-hydrogen) atoms. The number of rotatable bonds is 67. The number of ether oxygens (including phenoxy) is 4. The molecule has 0 aliphatic rings. The van der Waals surface area contributed by atoms with Crippen molar-refractivity contribution in [3.63, 3.8) is 0 Å². The molecular formula is C76H138NO8+. The molecule has 0 bridgehead atoms. The van der Waals surface area contributed by atoms with Crippen LogP contribution >= 0.6 is 0 Å². The van der Waals surface area contributed by atoms with Gasteiger partial charge >= 0.3 is 17.9 Å². The number of unbranched alkanes of at least 4 members (excludes halogenated alkanes) is 40. The number of quaternary nitrogens is 1. The molecule has 2 unspecified atom stereocenters. The van der Waals surface area contributed by atoms with E-state index in [2.05, 4.69) is 86.8 Å². The van der Waals surface area contributed by atoms with Crippen LogP contribution in [0.5, 0.6) is 0 Å². The molecule has 0 rings (SSSR count). The summed E-state index contributed by atoms with van der Waals surface area (Å²) in [6.45, 7) is 4.90. The van der Waals surface area contributed by atoms with Gasteiger partial charge in [-0.25, -0.2) is 4.79 Å². The van der Waals surface area contributed by atoms with E-state index in [1.807, 2.05) is 21.1 Å². The van der Waals surface area contributed by atoms with Gasteiger partial charge in [-0.3, -0.25) is 9.59 Å². The van der Waals surface area contributed by atoms with Crippen molar-refractivity contribution in [1.82, 2.24) is 0 Å². The summed E-state index contributed by atoms with van der Waals surface area (Å²) in [6, 6.07) is 0. The Bertz CT molecular complexity index is 1620. The SMILES string of the molecule is CCCCCCC/C=C\C/C=C\C/C=C\CCCCCCCCCCCCCCCCCCC(=O)OC(COC(=O)CCCCCCCCCCCCCCCC/C=C\C/C=C\C/C=C\CCCCCCC)COC(OCC[N+](C)(C)C)C(=O)O. The van der Waals surface area contributed by atoms with E-state index >= 15 is 0 Å². The lowest BCUT2D eigenvalue weighted by Crippen LogP contribution is -2.40. The van der Waals surface area contributed by atoms with Gasteiger partial charge < -0.3 is 28.5 Å². The van der Waals surface area contributed by atoms with E-state index in [1.165, 1.54) is 244 Å². The lowest BCUT2D eigenvalue weighted by Gasteiger charge is -2.25. The van der Waals surface area contributed by atoms with Crippen molar-refractivity contribution in [2.75, 3.05) is 47.5 Å². The Balaban J connectivity index is 4.09. The van der Waals surface area contributed by atoms with Gasteiger partial charge in [0.2, 0.25) is 0 Å². The maximum absolute atomic E-state index is 13.0. The van der Waals surface area contributed by atoms with Gasteiger partial charge in [-0.1, -0.05) is 305 Å². The quantitative estimate of drug-likeness (QED) is 0.0211. The summed E-state index contributed by atoms with van der Waals surface area (Å²) < 4.78 is 23.0. The van der Waals surface area contributed by atoms with E-state index in [0.29, 0.717) is 17.4 Å². The molecule has 0 spiro atoms. The van der Waals surface area contributed by atoms with E-state index < -0.39 is 24.3 Å². The zero-order chi connectivity index (χ0) is 61.9. The maximum Gasteiger partial charge on any atom is 0.361 e. The first-order chi connectivity index (χ1) is 41.6. The molecule has 0 radical (unpaired) electrons. The molecule has 0 saturated carbocycles. The van der Waals surface area contributed by atoms with Crippen molar-refractivity contribution in [3.8, 4) is 0 Å². The lowest BCUT2D eigenvalue weighted by molar-refractivity contribution is -0.870. The van der Waals surface area contributed by atoms with Gasteiger partial charge in [-0.15, -0.1) is 0 Å². The predicted molar refractivity (Wildman–Crippen MR) is 364 cm³/mol. The average Bonchev–Trinajstić information content (AvgIpc) is 3.49. The van der Waals surface area contributed by atoms with Crippen molar-refractivity contribution >= 4 is 17.9 Å². The molecule has 0 heterocycles. The number of hydrogen-bond donors (Lipinski definition) is 1. The molecule has 0 aliphatic carbocycles. The number of carbonyl (C=O) groups excluding carboxylic acids is 2. The Labute approximate surface area is 526 Å². The van der Waals surface area contributed by atoms with Crippen LogP contribution in [0.3, 0.4) is 0 Å². The van der Waals surface area contributed by atoms with Crippen LogP contribution in [0, 0.1) is 0 Å². The zero-order valence-electron chi connectivity index (χ0n) is 56.5. The number of aliphatic carboxylic acids is 1. The highest BCUT2D eigenvalue weighted by molar-refractivity contribution is 5.71. The molecule has 0 amide bonds. The fraction of sp³-hybridized carbons (Fsp3) is 0.803. The monoisotopic (exact) mass is 1190 g/mol. The van der Waals surface area contributed by atoms with Gasteiger partial charge in [0.1, 0.15) is 13.2 Å². The molecule has 0 aromatic rings. The van der Waals surface area contributed by atoms with Crippen LogP contribution in [-0.4, -0.2) is 87.4 Å². The second-order valence-electron chi connectivity index (χ2n) is 25.5. The third kappa shape index (κ3) is 68.1. The number of carboxylic acid groups (broad SMARTS) is 1. The second-order valence-corrected chi connectivity index (χ2v) is 25.5. The highest BCUT2D eigenvalue weighted by Gasteiger charge is 2.25. The zero-order valence-corrected chi connectivity index (χ0v) is 56.5. The molecule has 1 N–H and O–H groups in total. The summed E-state index contributed by atoms with van der Waals surface area (Å²) in [5, 5.41) is 9.75. The van der Waals surface area contributed by atoms with E-state index in [1.54, 1.807) is 0 Å². The van der Waals surface area contributed by atoms with Gasteiger partial charge in [-0.05, 0) is 89.9 Å². The Morgan fingerprint density at radius 3 is 0.941 bits per heavy atom. The first-order valence-electron chi connectivity index (χ1n) is 36.1. The van der Waals surface area contributed by atoms with Crippen LogP contribution in [0.2, 0.25) is 0 Å².